The third-order valence-electron chi connectivity index (χ3n) is 6.63. The van der Waals surface area contributed by atoms with Crippen LogP contribution in [0.25, 0.3) is 0 Å². The Balaban J connectivity index is 1.15. The van der Waals surface area contributed by atoms with E-state index >= 15 is 0 Å². The topological polar surface area (TPSA) is 93.7 Å². The molecule has 0 aliphatic carbocycles. The summed E-state index contributed by atoms with van der Waals surface area (Å²) in [5, 5.41) is 19.2. The minimum Gasteiger partial charge on any atom is -0.393 e. The number of carbonyl (C=O) groups excluding carboxylic acids is 2. The molecule has 4 N–H and O–H groups in total. The summed E-state index contributed by atoms with van der Waals surface area (Å²) < 4.78 is 0. The van der Waals surface area contributed by atoms with Crippen LogP contribution in [0.5, 0.6) is 0 Å². The second-order valence-electron chi connectivity index (χ2n) is 8.92. The summed E-state index contributed by atoms with van der Waals surface area (Å²) in [6.07, 6.45) is 4.97. The highest BCUT2D eigenvalue weighted by molar-refractivity contribution is 8.00. The molecule has 170 valence electrons. The van der Waals surface area contributed by atoms with Crippen LogP contribution < -0.4 is 16.0 Å². The van der Waals surface area contributed by atoms with Gasteiger partial charge in [-0.3, -0.25) is 9.69 Å². The minimum atomic E-state index is -0.159. The van der Waals surface area contributed by atoms with E-state index in [0.29, 0.717) is 18.2 Å². The summed E-state index contributed by atoms with van der Waals surface area (Å²) in [4.78, 5) is 26.2. The van der Waals surface area contributed by atoms with Gasteiger partial charge in [0.1, 0.15) is 0 Å². The SMILES string of the molecule is O=C(CCCC[C@@H]1SC[C@@H]2NC(=O)N[C@H]21)NCc1ccccc1CN1CCC(O)CC1. The average molecular weight is 447 g/mol. The summed E-state index contributed by atoms with van der Waals surface area (Å²) >= 11 is 1.92. The molecule has 3 aliphatic rings. The molecule has 3 heterocycles. The molecule has 3 aliphatic heterocycles. The lowest BCUT2D eigenvalue weighted by molar-refractivity contribution is -0.121. The Kier molecular flexibility index (Phi) is 7.74. The second kappa shape index (κ2) is 10.7. The molecule has 3 atom stereocenters. The molecule has 0 unspecified atom stereocenters. The highest BCUT2D eigenvalue weighted by atomic mass is 32.2. The predicted molar refractivity (Wildman–Crippen MR) is 123 cm³/mol. The maximum atomic E-state index is 12.4. The number of nitrogens with zero attached hydrogens (tertiary/aromatic N) is 1. The van der Waals surface area contributed by atoms with Crippen LogP contribution in [0.1, 0.15) is 49.7 Å². The molecular formula is C23H34N4O3S. The lowest BCUT2D eigenvalue weighted by Gasteiger charge is -2.30. The van der Waals surface area contributed by atoms with E-state index in [2.05, 4.69) is 33.0 Å². The fourth-order valence-corrected chi connectivity index (χ4v) is 6.30. The van der Waals surface area contributed by atoms with E-state index in [4.69, 9.17) is 0 Å². The number of likely N-dealkylation sites (tertiary alicyclic amines) is 1. The number of aliphatic hydroxyl groups is 1. The second-order valence-corrected chi connectivity index (χ2v) is 10.2. The molecular weight excluding hydrogens is 412 g/mol. The van der Waals surface area contributed by atoms with E-state index < -0.39 is 0 Å². The maximum Gasteiger partial charge on any atom is 0.315 e. The number of unbranched alkanes of at least 4 members (excludes halogenated alkanes) is 1. The number of aliphatic hydroxyl groups excluding tert-OH is 1. The Morgan fingerprint density at radius 3 is 2.74 bits per heavy atom. The van der Waals surface area contributed by atoms with Crippen LogP contribution in [0.3, 0.4) is 0 Å². The zero-order valence-corrected chi connectivity index (χ0v) is 18.8. The Bertz CT molecular complexity index is 769. The van der Waals surface area contributed by atoms with E-state index in [0.717, 1.165) is 57.5 Å². The quantitative estimate of drug-likeness (QED) is 0.344. The van der Waals surface area contributed by atoms with Crippen LogP contribution in [0.15, 0.2) is 24.3 Å². The summed E-state index contributed by atoms with van der Waals surface area (Å²) in [7, 11) is 0. The third kappa shape index (κ3) is 6.14. The molecule has 7 nitrogen and oxygen atoms in total. The van der Waals surface area contributed by atoms with Gasteiger partial charge in [-0.25, -0.2) is 4.79 Å². The summed E-state index contributed by atoms with van der Waals surface area (Å²) in [6.45, 7) is 3.27. The predicted octanol–water partition coefficient (Wildman–Crippen LogP) is 1.99. The number of nitrogens with one attached hydrogen (secondary N) is 3. The molecule has 0 spiro atoms. The van der Waals surface area contributed by atoms with Crippen molar-refractivity contribution in [3.8, 4) is 0 Å². The van der Waals surface area contributed by atoms with Gasteiger partial charge in [0.2, 0.25) is 5.91 Å². The van der Waals surface area contributed by atoms with Crippen molar-refractivity contribution >= 4 is 23.7 Å². The van der Waals surface area contributed by atoms with Gasteiger partial charge in [-0.15, -0.1) is 0 Å². The Morgan fingerprint density at radius 1 is 1.16 bits per heavy atom. The van der Waals surface area contributed by atoms with Gasteiger partial charge in [0.05, 0.1) is 18.2 Å². The van der Waals surface area contributed by atoms with Crippen molar-refractivity contribution in [3.05, 3.63) is 35.4 Å². The number of amides is 3. The molecule has 0 saturated carbocycles. The van der Waals surface area contributed by atoms with Crippen molar-refractivity contribution in [2.75, 3.05) is 18.8 Å². The van der Waals surface area contributed by atoms with Crippen molar-refractivity contribution in [2.45, 2.75) is 75.1 Å². The highest BCUT2D eigenvalue weighted by Crippen LogP contribution is 2.33. The molecule has 8 heteroatoms. The van der Waals surface area contributed by atoms with Crippen LogP contribution in [-0.2, 0) is 17.9 Å². The van der Waals surface area contributed by atoms with E-state index in [1.807, 2.05) is 23.9 Å². The van der Waals surface area contributed by atoms with Gasteiger partial charge in [0.15, 0.2) is 0 Å². The van der Waals surface area contributed by atoms with Crippen molar-refractivity contribution in [3.63, 3.8) is 0 Å². The first-order chi connectivity index (χ1) is 15.1. The van der Waals surface area contributed by atoms with Gasteiger partial charge in [-0.05, 0) is 36.8 Å². The summed E-state index contributed by atoms with van der Waals surface area (Å²) in [5.74, 6) is 1.08. The maximum absolute atomic E-state index is 12.4. The molecule has 0 aromatic heterocycles. The van der Waals surface area contributed by atoms with Gasteiger partial charge in [0, 0.05) is 43.6 Å². The van der Waals surface area contributed by atoms with Crippen molar-refractivity contribution in [2.24, 2.45) is 0 Å². The average Bonchev–Trinajstić information content (AvgIpc) is 3.31. The third-order valence-corrected chi connectivity index (χ3v) is 8.13. The smallest absolute Gasteiger partial charge is 0.315 e. The van der Waals surface area contributed by atoms with Crippen molar-refractivity contribution in [1.29, 1.82) is 0 Å². The number of hydrogen-bond donors (Lipinski definition) is 4. The van der Waals surface area contributed by atoms with Crippen LogP contribution in [-0.4, -0.2) is 64.2 Å². The lowest BCUT2D eigenvalue weighted by Crippen LogP contribution is -2.36. The Hall–Kier alpha value is -1.77. The van der Waals surface area contributed by atoms with Gasteiger partial charge < -0.3 is 21.1 Å². The number of piperidine rings is 1. The first-order valence-corrected chi connectivity index (χ1v) is 12.6. The van der Waals surface area contributed by atoms with Gasteiger partial charge in [-0.1, -0.05) is 30.7 Å². The number of benzene rings is 1. The lowest BCUT2D eigenvalue weighted by atomic mass is 10.0. The van der Waals surface area contributed by atoms with Gasteiger partial charge >= 0.3 is 6.03 Å². The zero-order chi connectivity index (χ0) is 21.6. The molecule has 0 bridgehead atoms. The highest BCUT2D eigenvalue weighted by Gasteiger charge is 2.42. The Labute approximate surface area is 188 Å². The number of hydrogen-bond acceptors (Lipinski definition) is 5. The Morgan fingerprint density at radius 2 is 1.94 bits per heavy atom. The van der Waals surface area contributed by atoms with Gasteiger partial charge in [0.25, 0.3) is 0 Å². The molecule has 4 rings (SSSR count). The van der Waals surface area contributed by atoms with Crippen LogP contribution in [0, 0.1) is 0 Å². The van der Waals surface area contributed by atoms with Gasteiger partial charge in [-0.2, -0.15) is 11.8 Å². The number of rotatable bonds is 9. The molecule has 31 heavy (non-hydrogen) atoms. The molecule has 3 fully saturated rings. The van der Waals surface area contributed by atoms with E-state index in [1.165, 1.54) is 11.1 Å². The molecule has 3 amide bonds. The van der Waals surface area contributed by atoms with Crippen LogP contribution in [0.4, 0.5) is 4.79 Å². The normalized spacial score (nSPS) is 26.4. The van der Waals surface area contributed by atoms with E-state index in [1.54, 1.807) is 0 Å². The van der Waals surface area contributed by atoms with Crippen LogP contribution in [0.2, 0.25) is 0 Å². The van der Waals surface area contributed by atoms with Crippen molar-refractivity contribution in [1.82, 2.24) is 20.9 Å². The molecule has 3 saturated heterocycles. The number of fused-ring (bicyclic) bond motifs is 1. The van der Waals surface area contributed by atoms with Crippen molar-refractivity contribution < 1.29 is 14.7 Å². The number of thioether (sulfide) groups is 1. The fraction of sp³-hybridized carbons (Fsp3) is 0.652. The van der Waals surface area contributed by atoms with E-state index in [-0.39, 0.29) is 30.1 Å². The first-order valence-electron chi connectivity index (χ1n) is 11.5. The van der Waals surface area contributed by atoms with Crippen LogP contribution >= 0.6 is 11.8 Å². The largest absolute Gasteiger partial charge is 0.393 e. The molecule has 1 aromatic carbocycles. The standard InChI is InChI=1S/C23H34N4O3S/c28-18-9-11-27(12-10-18)14-17-6-2-1-5-16(17)13-24-21(29)8-4-3-7-20-22-19(15-31-20)25-23(30)26-22/h1-2,5-6,18-20,22,28H,3-4,7-15H2,(H,24,29)(H2,25,26,30)/t19-,20-,22+/m0/s1. The molecule has 0 radical (unpaired) electrons. The minimum absolute atomic E-state index is 0.0437. The molecule has 1 aromatic rings. The first kappa shape index (κ1) is 22.4. The number of carbonyl (C=O) groups is 2. The monoisotopic (exact) mass is 446 g/mol. The zero-order valence-electron chi connectivity index (χ0n) is 18.0. The summed E-state index contributed by atoms with van der Waals surface area (Å²) in [5.41, 5.74) is 2.42. The van der Waals surface area contributed by atoms with E-state index in [9.17, 15) is 14.7 Å². The number of urea groups is 1. The fourth-order valence-electron chi connectivity index (χ4n) is 4.76. The summed E-state index contributed by atoms with van der Waals surface area (Å²) in [6, 6.07) is 8.76.